The molecule has 31 heavy (non-hydrogen) atoms. The number of phosphoric ester groups is 1. The molecule has 2 N–H and O–H groups in total. The lowest BCUT2D eigenvalue weighted by Crippen LogP contribution is -2.32. The van der Waals surface area contributed by atoms with Gasteiger partial charge in [-0.05, 0) is 35.7 Å². The van der Waals surface area contributed by atoms with Gasteiger partial charge in [-0.3, -0.25) is 14.7 Å². The summed E-state index contributed by atoms with van der Waals surface area (Å²) >= 11 is 0. The zero-order valence-corrected chi connectivity index (χ0v) is 18.4. The molecular formula is C20H23N2O8P. The molecule has 0 spiro atoms. The van der Waals surface area contributed by atoms with E-state index in [1.807, 2.05) is 0 Å². The highest BCUT2D eigenvalue weighted by atomic mass is 31.2. The number of methoxy groups -OCH3 is 4. The van der Waals surface area contributed by atoms with Gasteiger partial charge in [-0.1, -0.05) is 6.07 Å². The van der Waals surface area contributed by atoms with Crippen LogP contribution in [0.15, 0.2) is 24.3 Å². The lowest BCUT2D eigenvalue weighted by atomic mass is 9.87. The Balaban J connectivity index is 2.25. The van der Waals surface area contributed by atoms with Gasteiger partial charge in [0.1, 0.15) is 0 Å². The van der Waals surface area contributed by atoms with E-state index in [0.29, 0.717) is 46.9 Å². The number of nitrogens with zero attached hydrogens (tertiary/aromatic N) is 2. The first kappa shape index (κ1) is 22.6. The SMILES string of the molecule is COc1cc([C@@H]2c3ccc(OC)c(OP(=O)(O)O)c3CCN2C#N)cc(OC)c1OC. The van der Waals surface area contributed by atoms with Gasteiger partial charge in [0.05, 0.1) is 34.5 Å². The minimum atomic E-state index is -4.84. The maximum Gasteiger partial charge on any atom is 0.524 e. The van der Waals surface area contributed by atoms with Crippen molar-refractivity contribution in [3.05, 3.63) is 41.0 Å². The lowest BCUT2D eigenvalue weighted by molar-refractivity contribution is 0.269. The maximum absolute atomic E-state index is 11.6. The highest BCUT2D eigenvalue weighted by Crippen LogP contribution is 2.50. The fourth-order valence-electron chi connectivity index (χ4n) is 3.77. The van der Waals surface area contributed by atoms with Crippen LogP contribution in [0.4, 0.5) is 0 Å². The molecule has 2 aromatic carbocycles. The third-order valence-corrected chi connectivity index (χ3v) is 5.45. The van der Waals surface area contributed by atoms with E-state index in [-0.39, 0.29) is 11.5 Å². The molecule has 0 saturated heterocycles. The topological polar surface area (TPSA) is 131 Å². The Hall–Kier alpha value is -3.12. The van der Waals surface area contributed by atoms with Crippen molar-refractivity contribution in [2.75, 3.05) is 35.0 Å². The maximum atomic E-state index is 11.6. The minimum absolute atomic E-state index is 0.0386. The van der Waals surface area contributed by atoms with Gasteiger partial charge in [-0.2, -0.15) is 5.26 Å². The predicted octanol–water partition coefficient (Wildman–Crippen LogP) is 2.62. The van der Waals surface area contributed by atoms with Crippen LogP contribution in [0.5, 0.6) is 28.7 Å². The number of benzene rings is 2. The van der Waals surface area contributed by atoms with Crippen molar-refractivity contribution >= 4 is 7.82 Å². The average molecular weight is 450 g/mol. The molecule has 0 bridgehead atoms. The Kier molecular flexibility index (Phi) is 6.51. The summed E-state index contributed by atoms with van der Waals surface area (Å²) in [6.45, 7) is 0.301. The van der Waals surface area contributed by atoms with Crippen LogP contribution in [0, 0.1) is 11.5 Å². The van der Waals surface area contributed by atoms with Crippen molar-refractivity contribution < 1.29 is 37.8 Å². The smallest absolute Gasteiger partial charge is 0.493 e. The summed E-state index contributed by atoms with van der Waals surface area (Å²) in [7, 11) is 1.03. The number of fused-ring (bicyclic) bond motifs is 1. The predicted molar refractivity (Wildman–Crippen MR) is 110 cm³/mol. The average Bonchev–Trinajstić information content (AvgIpc) is 2.76. The molecule has 11 heteroatoms. The number of phosphoric acid groups is 1. The summed E-state index contributed by atoms with van der Waals surface area (Å²) < 4.78 is 38.0. The van der Waals surface area contributed by atoms with E-state index < -0.39 is 13.9 Å². The molecular weight excluding hydrogens is 427 g/mol. The summed E-state index contributed by atoms with van der Waals surface area (Å²) in [5, 5.41) is 9.77. The third-order valence-electron chi connectivity index (χ3n) is 5.03. The van der Waals surface area contributed by atoms with Crippen molar-refractivity contribution in [2.24, 2.45) is 0 Å². The van der Waals surface area contributed by atoms with Crippen LogP contribution < -0.4 is 23.5 Å². The van der Waals surface area contributed by atoms with Crippen molar-refractivity contribution in [1.82, 2.24) is 4.90 Å². The molecule has 2 aromatic rings. The van der Waals surface area contributed by atoms with Gasteiger partial charge < -0.3 is 23.5 Å². The van der Waals surface area contributed by atoms with Crippen LogP contribution in [0.1, 0.15) is 22.7 Å². The van der Waals surface area contributed by atoms with E-state index in [1.54, 1.807) is 29.2 Å². The number of hydrogen-bond donors (Lipinski definition) is 2. The summed E-state index contributed by atoms with van der Waals surface area (Å²) in [6.07, 6.45) is 2.52. The highest BCUT2D eigenvalue weighted by Gasteiger charge is 2.34. The Morgan fingerprint density at radius 1 is 1.00 bits per heavy atom. The molecule has 0 aliphatic carbocycles. The van der Waals surface area contributed by atoms with Crippen LogP contribution >= 0.6 is 7.82 Å². The van der Waals surface area contributed by atoms with Gasteiger partial charge in [0, 0.05) is 12.1 Å². The second-order valence-corrected chi connectivity index (χ2v) is 7.81. The molecule has 1 aliphatic heterocycles. The standard InChI is InChI=1S/C20H23N2O8P/c1-26-15-6-5-13-14(19(15)30-31(23,24)25)7-8-22(11-21)18(13)12-9-16(27-2)20(29-4)17(10-12)28-3/h5-6,9-10,18H,7-8H2,1-4H3,(H2,23,24,25)/t18-/m1/s1. The Bertz CT molecular complexity index is 1040. The fraction of sp³-hybridized carbons (Fsp3) is 0.350. The first-order valence-electron chi connectivity index (χ1n) is 9.19. The Morgan fingerprint density at radius 2 is 1.61 bits per heavy atom. The van der Waals surface area contributed by atoms with Crippen LogP contribution in [0.3, 0.4) is 0 Å². The molecule has 3 rings (SSSR count). The molecule has 0 radical (unpaired) electrons. The second kappa shape index (κ2) is 8.94. The second-order valence-electron chi connectivity index (χ2n) is 6.65. The van der Waals surface area contributed by atoms with Crippen LogP contribution in [0.25, 0.3) is 0 Å². The van der Waals surface area contributed by atoms with Crippen LogP contribution in [-0.4, -0.2) is 49.7 Å². The van der Waals surface area contributed by atoms with E-state index in [1.165, 1.54) is 28.4 Å². The van der Waals surface area contributed by atoms with Gasteiger partial charge in [0.15, 0.2) is 29.2 Å². The molecule has 1 aliphatic rings. The molecule has 0 unspecified atom stereocenters. The monoisotopic (exact) mass is 450 g/mol. The summed E-state index contributed by atoms with van der Waals surface area (Å²) in [4.78, 5) is 20.3. The quantitative estimate of drug-likeness (QED) is 0.479. The highest BCUT2D eigenvalue weighted by molar-refractivity contribution is 7.46. The van der Waals surface area contributed by atoms with Crippen LogP contribution in [0.2, 0.25) is 0 Å². The molecule has 0 fully saturated rings. The number of nitriles is 1. The van der Waals surface area contributed by atoms with E-state index in [4.69, 9.17) is 23.5 Å². The normalized spacial score (nSPS) is 15.5. The minimum Gasteiger partial charge on any atom is -0.493 e. The van der Waals surface area contributed by atoms with Gasteiger partial charge in [-0.15, -0.1) is 0 Å². The van der Waals surface area contributed by atoms with Crippen LogP contribution in [-0.2, 0) is 11.0 Å². The summed E-state index contributed by atoms with van der Waals surface area (Å²) in [5.41, 5.74) is 1.86. The Morgan fingerprint density at radius 3 is 2.10 bits per heavy atom. The number of ether oxygens (including phenoxy) is 4. The summed E-state index contributed by atoms with van der Waals surface area (Å²) in [5.74, 6) is 1.40. The molecule has 10 nitrogen and oxygen atoms in total. The first-order valence-corrected chi connectivity index (χ1v) is 10.7. The fourth-order valence-corrected chi connectivity index (χ4v) is 4.21. The molecule has 166 valence electrons. The van der Waals surface area contributed by atoms with Gasteiger partial charge in [0.25, 0.3) is 0 Å². The molecule has 0 saturated carbocycles. The molecule has 0 amide bonds. The van der Waals surface area contributed by atoms with Gasteiger partial charge in [-0.25, -0.2) is 4.57 Å². The van der Waals surface area contributed by atoms with Crippen molar-refractivity contribution in [3.63, 3.8) is 0 Å². The third kappa shape index (κ3) is 4.35. The van der Waals surface area contributed by atoms with Gasteiger partial charge in [0.2, 0.25) is 5.75 Å². The largest absolute Gasteiger partial charge is 0.524 e. The van der Waals surface area contributed by atoms with Crippen molar-refractivity contribution in [2.45, 2.75) is 12.5 Å². The molecule has 1 heterocycles. The van der Waals surface area contributed by atoms with E-state index in [9.17, 15) is 19.6 Å². The number of hydrogen-bond acceptors (Lipinski definition) is 8. The van der Waals surface area contributed by atoms with Crippen molar-refractivity contribution in [3.8, 4) is 34.9 Å². The van der Waals surface area contributed by atoms with E-state index >= 15 is 0 Å². The molecule has 0 aromatic heterocycles. The van der Waals surface area contributed by atoms with E-state index in [2.05, 4.69) is 6.19 Å². The van der Waals surface area contributed by atoms with Gasteiger partial charge >= 0.3 is 7.82 Å². The lowest BCUT2D eigenvalue weighted by Gasteiger charge is -2.35. The number of rotatable bonds is 7. The van der Waals surface area contributed by atoms with Crippen molar-refractivity contribution in [1.29, 1.82) is 5.26 Å². The zero-order valence-electron chi connectivity index (χ0n) is 17.5. The van der Waals surface area contributed by atoms with E-state index in [0.717, 1.165) is 0 Å². The summed E-state index contributed by atoms with van der Waals surface area (Å²) in [6, 6.07) is 6.19. The molecule has 1 atom stereocenters. The Labute approximate surface area is 179 Å². The zero-order chi connectivity index (χ0) is 22.8. The first-order chi connectivity index (χ1) is 14.8.